The molecule has 0 aliphatic carbocycles. The highest BCUT2D eigenvalue weighted by atomic mass is 32.1. The second-order valence-corrected chi connectivity index (χ2v) is 6.58. The molecule has 6 nitrogen and oxygen atoms in total. The van der Waals surface area contributed by atoms with Crippen LogP contribution >= 0.6 is 11.3 Å². The molecule has 1 aromatic heterocycles. The van der Waals surface area contributed by atoms with Crippen LogP contribution in [0.25, 0.3) is 0 Å². The number of thiazole rings is 1. The Bertz CT molecular complexity index is 583. The highest BCUT2D eigenvalue weighted by Crippen LogP contribution is 2.30. The van der Waals surface area contributed by atoms with Crippen molar-refractivity contribution in [1.29, 1.82) is 0 Å². The van der Waals surface area contributed by atoms with Gasteiger partial charge in [0.2, 0.25) is 5.91 Å². The number of aromatic nitrogens is 1. The smallest absolute Gasteiger partial charge is 0.359 e. The van der Waals surface area contributed by atoms with Gasteiger partial charge in [-0.05, 0) is 20.8 Å². The molecule has 136 valence electrons. The Morgan fingerprint density at radius 1 is 1.33 bits per heavy atom. The molecular formula is C14H22F3N5OS. The summed E-state index contributed by atoms with van der Waals surface area (Å²) in [5.41, 5.74) is -1.56. The molecule has 0 bridgehead atoms. The summed E-state index contributed by atoms with van der Waals surface area (Å²) in [7, 11) is 1.56. The van der Waals surface area contributed by atoms with E-state index in [4.69, 9.17) is 0 Å². The fourth-order valence-electron chi connectivity index (χ4n) is 1.73. The lowest BCUT2D eigenvalue weighted by molar-refractivity contribution is -0.140. The van der Waals surface area contributed by atoms with Crippen molar-refractivity contribution < 1.29 is 18.0 Å². The number of rotatable bonds is 6. The van der Waals surface area contributed by atoms with Crippen molar-refractivity contribution in [1.82, 2.24) is 20.9 Å². The lowest BCUT2D eigenvalue weighted by atomic mass is 9.92. The number of halogens is 3. The Labute approximate surface area is 143 Å². The zero-order chi connectivity index (χ0) is 18.4. The third kappa shape index (κ3) is 5.99. The first kappa shape index (κ1) is 20.2. The molecule has 1 heterocycles. The van der Waals surface area contributed by atoms with Crippen LogP contribution in [0.4, 0.5) is 13.2 Å². The minimum Gasteiger partial charge on any atom is -0.359 e. The second-order valence-electron chi connectivity index (χ2n) is 5.64. The Hall–Kier alpha value is -1.84. The van der Waals surface area contributed by atoms with Crippen molar-refractivity contribution in [2.75, 3.05) is 20.1 Å². The van der Waals surface area contributed by atoms with Crippen molar-refractivity contribution in [2.24, 2.45) is 10.4 Å². The maximum absolute atomic E-state index is 12.5. The van der Waals surface area contributed by atoms with Gasteiger partial charge in [0, 0.05) is 25.5 Å². The molecule has 1 rings (SSSR count). The number of amides is 1. The average molecular weight is 365 g/mol. The maximum Gasteiger partial charge on any atom is 0.434 e. The van der Waals surface area contributed by atoms with Crippen molar-refractivity contribution in [3.8, 4) is 0 Å². The van der Waals surface area contributed by atoms with Gasteiger partial charge in [-0.15, -0.1) is 11.3 Å². The standard InChI is InChI=1S/C14H22F3N5OS/c1-5-19-12(21-8-13(2,3)11(23)18-4)20-6-10-22-9(7-24-10)14(15,16)17/h7H,5-6,8H2,1-4H3,(H,18,23)(H2,19,20,21). The van der Waals surface area contributed by atoms with Gasteiger partial charge in [-0.2, -0.15) is 13.2 Å². The first-order valence-electron chi connectivity index (χ1n) is 7.36. The van der Waals surface area contributed by atoms with E-state index in [2.05, 4.69) is 25.9 Å². The number of hydrogen-bond acceptors (Lipinski definition) is 4. The molecule has 3 N–H and O–H groups in total. The van der Waals surface area contributed by atoms with Gasteiger partial charge in [-0.25, -0.2) is 9.98 Å². The van der Waals surface area contributed by atoms with Gasteiger partial charge in [0.25, 0.3) is 0 Å². The van der Waals surface area contributed by atoms with Crippen LogP contribution in [0.2, 0.25) is 0 Å². The molecule has 1 amide bonds. The van der Waals surface area contributed by atoms with Crippen LogP contribution in [-0.2, 0) is 17.5 Å². The first-order chi connectivity index (χ1) is 11.1. The Balaban J connectivity index is 2.72. The molecule has 0 aromatic carbocycles. The van der Waals surface area contributed by atoms with Crippen LogP contribution in [0.1, 0.15) is 31.5 Å². The molecule has 1 aromatic rings. The van der Waals surface area contributed by atoms with E-state index >= 15 is 0 Å². The van der Waals surface area contributed by atoms with E-state index in [9.17, 15) is 18.0 Å². The first-order valence-corrected chi connectivity index (χ1v) is 8.24. The molecule has 0 saturated heterocycles. The van der Waals surface area contributed by atoms with Gasteiger partial charge in [0.15, 0.2) is 11.7 Å². The zero-order valence-corrected chi connectivity index (χ0v) is 14.9. The lowest BCUT2D eigenvalue weighted by Crippen LogP contribution is -2.47. The fourth-order valence-corrected chi connectivity index (χ4v) is 2.45. The van der Waals surface area contributed by atoms with Gasteiger partial charge in [-0.1, -0.05) is 0 Å². The second kappa shape index (κ2) is 8.32. The third-order valence-corrected chi connectivity index (χ3v) is 3.93. The topological polar surface area (TPSA) is 78.4 Å². The van der Waals surface area contributed by atoms with Crippen LogP contribution < -0.4 is 16.0 Å². The number of hydrogen-bond donors (Lipinski definition) is 3. The molecule has 0 spiro atoms. The van der Waals surface area contributed by atoms with E-state index < -0.39 is 17.3 Å². The number of aliphatic imine (C=N–C) groups is 1. The zero-order valence-electron chi connectivity index (χ0n) is 14.0. The van der Waals surface area contributed by atoms with Gasteiger partial charge < -0.3 is 16.0 Å². The molecular weight excluding hydrogens is 343 g/mol. The van der Waals surface area contributed by atoms with Crippen molar-refractivity contribution in [2.45, 2.75) is 33.5 Å². The number of nitrogens with zero attached hydrogens (tertiary/aromatic N) is 2. The summed E-state index contributed by atoms with van der Waals surface area (Å²) in [4.78, 5) is 19.5. The molecule has 0 saturated carbocycles. The SMILES string of the molecule is CCNC(=NCc1nc(C(F)(F)F)cs1)NCC(C)(C)C(=O)NC. The van der Waals surface area contributed by atoms with Gasteiger partial charge in [0.1, 0.15) is 5.01 Å². The van der Waals surface area contributed by atoms with Gasteiger partial charge in [0.05, 0.1) is 12.0 Å². The normalized spacial score (nSPS) is 12.9. The summed E-state index contributed by atoms with van der Waals surface area (Å²) in [6.07, 6.45) is -4.45. The fraction of sp³-hybridized carbons (Fsp3) is 0.643. The molecule has 0 fully saturated rings. The summed E-state index contributed by atoms with van der Waals surface area (Å²) in [5.74, 6) is 0.291. The summed E-state index contributed by atoms with van der Waals surface area (Å²) < 4.78 is 37.6. The van der Waals surface area contributed by atoms with Gasteiger partial charge in [-0.3, -0.25) is 4.79 Å². The average Bonchev–Trinajstić information content (AvgIpc) is 2.98. The van der Waals surface area contributed by atoms with E-state index in [1.54, 1.807) is 20.9 Å². The van der Waals surface area contributed by atoms with Gasteiger partial charge >= 0.3 is 6.18 Å². The van der Waals surface area contributed by atoms with Crippen LogP contribution in [0, 0.1) is 5.41 Å². The van der Waals surface area contributed by atoms with Crippen LogP contribution in [0.5, 0.6) is 0 Å². The molecule has 0 aliphatic rings. The highest BCUT2D eigenvalue weighted by Gasteiger charge is 2.33. The number of carbonyl (C=O) groups excluding carboxylic acids is 1. The summed E-state index contributed by atoms with van der Waals surface area (Å²) >= 11 is 0.911. The predicted octanol–water partition coefficient (Wildman–Crippen LogP) is 1.99. The summed E-state index contributed by atoms with van der Waals surface area (Å²) in [6, 6.07) is 0. The molecule has 24 heavy (non-hydrogen) atoms. The Kier molecular flexibility index (Phi) is 7.00. The minimum atomic E-state index is -4.45. The predicted molar refractivity (Wildman–Crippen MR) is 87.8 cm³/mol. The quantitative estimate of drug-likeness (QED) is 0.532. The van der Waals surface area contributed by atoms with E-state index in [0.717, 1.165) is 16.7 Å². The number of alkyl halides is 3. The number of guanidine groups is 1. The Morgan fingerprint density at radius 3 is 2.50 bits per heavy atom. The summed E-state index contributed by atoms with van der Waals surface area (Å²) in [6.45, 7) is 6.35. The number of nitrogens with one attached hydrogen (secondary N) is 3. The molecule has 0 unspecified atom stereocenters. The maximum atomic E-state index is 12.5. The Morgan fingerprint density at radius 2 is 2.00 bits per heavy atom. The van der Waals surface area contributed by atoms with E-state index in [1.165, 1.54) is 0 Å². The third-order valence-electron chi connectivity index (χ3n) is 3.10. The molecule has 0 radical (unpaired) electrons. The van der Waals surface area contributed by atoms with E-state index in [1.807, 2.05) is 6.92 Å². The van der Waals surface area contributed by atoms with Crippen LogP contribution in [-0.4, -0.2) is 37.0 Å². The van der Waals surface area contributed by atoms with Crippen LogP contribution in [0.15, 0.2) is 10.4 Å². The molecule has 0 atom stereocenters. The molecule has 0 aliphatic heterocycles. The molecule has 10 heteroatoms. The number of carbonyl (C=O) groups is 1. The van der Waals surface area contributed by atoms with Crippen molar-refractivity contribution in [3.05, 3.63) is 16.1 Å². The van der Waals surface area contributed by atoms with E-state index in [0.29, 0.717) is 19.0 Å². The van der Waals surface area contributed by atoms with Crippen molar-refractivity contribution in [3.63, 3.8) is 0 Å². The highest BCUT2D eigenvalue weighted by molar-refractivity contribution is 7.09. The lowest BCUT2D eigenvalue weighted by Gasteiger charge is -2.24. The largest absolute Gasteiger partial charge is 0.434 e. The van der Waals surface area contributed by atoms with E-state index in [-0.39, 0.29) is 17.5 Å². The summed E-state index contributed by atoms with van der Waals surface area (Å²) in [5, 5.41) is 9.82. The monoisotopic (exact) mass is 365 g/mol. The minimum absolute atomic E-state index is 0.0243. The van der Waals surface area contributed by atoms with Crippen LogP contribution in [0.3, 0.4) is 0 Å². The van der Waals surface area contributed by atoms with Crippen molar-refractivity contribution >= 4 is 23.2 Å².